The normalized spacial score (nSPS) is 11.2. The number of methoxy groups -OCH3 is 1. The Morgan fingerprint density at radius 1 is 1.27 bits per heavy atom. The maximum atomic E-state index is 12.1. The third-order valence-corrected chi connectivity index (χ3v) is 6.13. The van der Waals surface area contributed by atoms with Crippen molar-refractivity contribution < 1.29 is 23.1 Å². The van der Waals surface area contributed by atoms with Crippen molar-refractivity contribution in [1.82, 2.24) is 14.8 Å². The topological polar surface area (TPSA) is 115 Å². The van der Waals surface area contributed by atoms with E-state index in [-0.39, 0.29) is 22.8 Å². The highest BCUT2D eigenvalue weighted by atomic mass is 32.2. The average molecular weight is 444 g/mol. The fourth-order valence-electron chi connectivity index (χ4n) is 3.17. The molecule has 0 atom stereocenters. The lowest BCUT2D eigenvalue weighted by Crippen LogP contribution is -2.16. The summed E-state index contributed by atoms with van der Waals surface area (Å²) in [6.07, 6.45) is 1.75. The lowest BCUT2D eigenvalue weighted by atomic mass is 10.1. The number of fused-ring (bicyclic) bond motifs is 1. The molecule has 0 spiro atoms. The number of thiazole rings is 1. The fourth-order valence-corrected chi connectivity index (χ4v) is 4.67. The van der Waals surface area contributed by atoms with Crippen LogP contribution in [-0.2, 0) is 17.9 Å². The highest BCUT2D eigenvalue weighted by molar-refractivity contribution is 7.74. The third-order valence-electron chi connectivity index (χ3n) is 4.52. The van der Waals surface area contributed by atoms with Crippen LogP contribution < -0.4 is 9.04 Å². The maximum absolute atomic E-state index is 12.1. The van der Waals surface area contributed by atoms with Gasteiger partial charge in [-0.3, -0.25) is 4.68 Å². The summed E-state index contributed by atoms with van der Waals surface area (Å²) >= 11 is 1.30. The second-order valence-corrected chi connectivity index (χ2v) is 8.00. The number of aromatic nitrogens is 3. The molecule has 2 aromatic heterocycles. The van der Waals surface area contributed by atoms with Gasteiger partial charge in [0.25, 0.3) is 0 Å². The molecule has 9 nitrogen and oxygen atoms in total. The third kappa shape index (κ3) is 3.37. The Kier molecular flexibility index (Phi) is 5.14. The number of anilines is 2. The van der Waals surface area contributed by atoms with Crippen LogP contribution in [0.25, 0.3) is 21.5 Å². The van der Waals surface area contributed by atoms with Crippen molar-refractivity contribution in [3.05, 3.63) is 53.5 Å². The number of benzene rings is 2. The summed E-state index contributed by atoms with van der Waals surface area (Å²) in [4.78, 5) is 15.8. The second kappa shape index (κ2) is 7.76. The van der Waals surface area contributed by atoms with Crippen LogP contribution in [0.15, 0.2) is 48.0 Å². The smallest absolute Gasteiger partial charge is 0.335 e. The van der Waals surface area contributed by atoms with Gasteiger partial charge in [0.15, 0.2) is 5.82 Å². The predicted octanol–water partition coefficient (Wildman–Crippen LogP) is 3.07. The van der Waals surface area contributed by atoms with Gasteiger partial charge in [0, 0.05) is 23.4 Å². The highest BCUT2D eigenvalue weighted by Gasteiger charge is 2.22. The first kappa shape index (κ1) is 19.9. The molecule has 11 heteroatoms. The van der Waals surface area contributed by atoms with E-state index in [1.165, 1.54) is 36.6 Å². The molecular weight excluding hydrogens is 428 g/mol. The summed E-state index contributed by atoms with van der Waals surface area (Å²) in [5.41, 5.74) is 1.88. The Bertz CT molecular complexity index is 1330. The molecule has 0 aliphatic carbocycles. The predicted molar refractivity (Wildman–Crippen MR) is 114 cm³/mol. The molecule has 0 fully saturated rings. The summed E-state index contributed by atoms with van der Waals surface area (Å²) in [7, 11) is 0.0548. The molecule has 0 saturated heterocycles. The van der Waals surface area contributed by atoms with Gasteiger partial charge in [-0.1, -0.05) is 12.1 Å². The molecule has 0 radical (unpaired) electrons. The van der Waals surface area contributed by atoms with Gasteiger partial charge in [0.05, 0.1) is 24.4 Å². The van der Waals surface area contributed by atoms with Crippen LogP contribution in [0, 0.1) is 0 Å². The molecule has 154 valence electrons. The number of carboxylic acid groups (broad SMARTS) is 1. The number of para-hydroxylation sites is 1. The minimum Gasteiger partial charge on any atom is -0.495 e. The Labute approximate surface area is 176 Å². The molecule has 2 heterocycles. The number of nitrogens with zero attached hydrogens (tertiary/aromatic N) is 4. The summed E-state index contributed by atoms with van der Waals surface area (Å²) in [5, 5.41) is 16.6. The lowest BCUT2D eigenvalue weighted by molar-refractivity contribution is 0.0696. The van der Waals surface area contributed by atoms with E-state index < -0.39 is 16.9 Å². The van der Waals surface area contributed by atoms with Crippen LogP contribution in [0.3, 0.4) is 0 Å². The molecule has 4 rings (SSSR count). The van der Waals surface area contributed by atoms with E-state index in [9.17, 15) is 18.3 Å². The lowest BCUT2D eigenvalue weighted by Gasteiger charge is -2.18. The number of ether oxygens (including phenoxy) is 1. The Morgan fingerprint density at radius 3 is 2.77 bits per heavy atom. The summed E-state index contributed by atoms with van der Waals surface area (Å²) in [5.74, 6) is -0.845. The number of hydrogen-bond acceptors (Lipinski definition) is 7. The summed E-state index contributed by atoms with van der Waals surface area (Å²) in [6, 6.07) is 9.70. The molecule has 0 unspecified atom stereocenters. The zero-order valence-corrected chi connectivity index (χ0v) is 17.6. The number of aryl methyl sites for hydroxylation is 1. The zero-order chi connectivity index (χ0) is 21.4. The standard InChI is InChI=1S/C19H16N4O5S2/c1-22-17-12(9-20-22)4-3-5-13(17)18-21-16(10-29-18)23(30(26)27)14-7-6-11(19(24)25)8-15(14)28-2/h3-10,30H,1-2H3,(H,24,25). The van der Waals surface area contributed by atoms with E-state index in [2.05, 4.69) is 10.1 Å². The molecule has 0 aliphatic rings. The molecule has 0 aliphatic heterocycles. The van der Waals surface area contributed by atoms with Gasteiger partial charge in [-0.15, -0.1) is 11.3 Å². The molecule has 0 saturated carbocycles. The van der Waals surface area contributed by atoms with Crippen molar-refractivity contribution in [2.75, 3.05) is 11.4 Å². The van der Waals surface area contributed by atoms with Crippen LogP contribution in [0.2, 0.25) is 0 Å². The van der Waals surface area contributed by atoms with Crippen LogP contribution in [0.4, 0.5) is 11.5 Å². The van der Waals surface area contributed by atoms with Gasteiger partial charge in [0.1, 0.15) is 16.4 Å². The zero-order valence-electron chi connectivity index (χ0n) is 15.8. The largest absolute Gasteiger partial charge is 0.495 e. The van der Waals surface area contributed by atoms with Crippen molar-refractivity contribution in [2.24, 2.45) is 7.05 Å². The van der Waals surface area contributed by atoms with Crippen LogP contribution >= 0.6 is 11.3 Å². The average Bonchev–Trinajstić information content (AvgIpc) is 3.35. The van der Waals surface area contributed by atoms with Crippen molar-refractivity contribution in [1.29, 1.82) is 0 Å². The van der Waals surface area contributed by atoms with Gasteiger partial charge >= 0.3 is 5.97 Å². The molecule has 0 bridgehead atoms. The molecule has 30 heavy (non-hydrogen) atoms. The van der Waals surface area contributed by atoms with Crippen molar-refractivity contribution in [3.8, 4) is 16.3 Å². The molecule has 2 aromatic carbocycles. The van der Waals surface area contributed by atoms with Crippen molar-refractivity contribution in [3.63, 3.8) is 0 Å². The van der Waals surface area contributed by atoms with E-state index in [4.69, 9.17) is 4.74 Å². The van der Waals surface area contributed by atoms with Gasteiger partial charge in [-0.2, -0.15) is 5.10 Å². The van der Waals surface area contributed by atoms with E-state index in [0.29, 0.717) is 5.01 Å². The minimum atomic E-state index is -3.12. The summed E-state index contributed by atoms with van der Waals surface area (Å²) in [6.45, 7) is 0. The number of carbonyl (C=O) groups is 1. The quantitative estimate of drug-likeness (QED) is 0.439. The van der Waals surface area contributed by atoms with E-state index in [0.717, 1.165) is 20.8 Å². The minimum absolute atomic E-state index is 0.0153. The Morgan fingerprint density at radius 2 is 2.07 bits per heavy atom. The van der Waals surface area contributed by atoms with E-state index in [1.807, 2.05) is 25.2 Å². The number of hydrogen-bond donors (Lipinski definition) is 2. The number of carboxylic acids is 1. The number of aromatic carboxylic acids is 1. The number of thiol groups is 1. The van der Waals surface area contributed by atoms with E-state index in [1.54, 1.807) is 16.3 Å². The van der Waals surface area contributed by atoms with Crippen LogP contribution in [0.1, 0.15) is 10.4 Å². The highest BCUT2D eigenvalue weighted by Crippen LogP contribution is 2.38. The van der Waals surface area contributed by atoms with Gasteiger partial charge < -0.3 is 9.84 Å². The first-order valence-corrected chi connectivity index (χ1v) is 10.6. The number of rotatable bonds is 6. The van der Waals surface area contributed by atoms with Crippen LogP contribution in [0.5, 0.6) is 5.75 Å². The van der Waals surface area contributed by atoms with Crippen molar-refractivity contribution >= 4 is 50.6 Å². The molecule has 4 aromatic rings. The monoisotopic (exact) mass is 444 g/mol. The molecule has 0 amide bonds. The van der Waals surface area contributed by atoms with Crippen LogP contribution in [-0.4, -0.2) is 41.4 Å². The Hall–Kier alpha value is -3.44. The van der Waals surface area contributed by atoms with Gasteiger partial charge in [-0.05, 0) is 24.3 Å². The first-order valence-electron chi connectivity index (χ1n) is 8.63. The SMILES string of the molecule is COc1cc(C(=O)O)ccc1N(c1csc(-c2cccc3cnn(C)c23)n1)[SH](=O)=O. The second-order valence-electron chi connectivity index (χ2n) is 6.26. The first-order chi connectivity index (χ1) is 14.4. The fraction of sp³-hybridized carbons (Fsp3) is 0.105. The van der Waals surface area contributed by atoms with Gasteiger partial charge in [-0.25, -0.2) is 22.5 Å². The van der Waals surface area contributed by atoms with Gasteiger partial charge in [0.2, 0.25) is 10.9 Å². The van der Waals surface area contributed by atoms with Crippen molar-refractivity contribution in [2.45, 2.75) is 0 Å². The molecular formula is C19H16N4O5S2. The molecule has 1 N–H and O–H groups in total. The van der Waals surface area contributed by atoms with E-state index >= 15 is 0 Å². The Balaban J connectivity index is 1.82. The maximum Gasteiger partial charge on any atom is 0.335 e. The summed E-state index contributed by atoms with van der Waals surface area (Å²) < 4.78 is 32.2.